The Hall–Kier alpha value is -1.95. The fraction of sp³-hybridized carbons (Fsp3) is 0.300. The van der Waals surface area contributed by atoms with Crippen LogP contribution >= 0.6 is 0 Å². The third-order valence-electron chi connectivity index (χ3n) is 2.44. The molecule has 6 nitrogen and oxygen atoms in total. The molecule has 2 aromatic heterocycles. The van der Waals surface area contributed by atoms with Crippen LogP contribution in [-0.2, 0) is 18.3 Å². The molecule has 0 aliphatic heterocycles. The van der Waals surface area contributed by atoms with Gasteiger partial charge < -0.3 is 15.4 Å². The third kappa shape index (κ3) is 1.74. The smallest absolute Gasteiger partial charge is 0.320 e. The van der Waals surface area contributed by atoms with Gasteiger partial charge in [-0.05, 0) is 11.6 Å². The van der Waals surface area contributed by atoms with Crippen molar-refractivity contribution in [2.24, 2.45) is 12.8 Å². The molecule has 3 N–H and O–H groups in total. The summed E-state index contributed by atoms with van der Waals surface area (Å²) in [7, 11) is 1.84. The van der Waals surface area contributed by atoms with Gasteiger partial charge in [0, 0.05) is 19.7 Å². The van der Waals surface area contributed by atoms with Gasteiger partial charge in [-0.2, -0.15) is 0 Å². The zero-order valence-corrected chi connectivity index (χ0v) is 8.79. The van der Waals surface area contributed by atoms with Gasteiger partial charge in [0.25, 0.3) is 0 Å². The molecule has 0 amide bonds. The molecule has 0 spiro atoms. The van der Waals surface area contributed by atoms with E-state index in [2.05, 4.69) is 9.97 Å². The molecule has 0 fully saturated rings. The molecule has 0 saturated carbocycles. The molecule has 0 aliphatic rings. The van der Waals surface area contributed by atoms with E-state index in [0.717, 1.165) is 11.2 Å². The Kier molecular flexibility index (Phi) is 2.57. The Bertz CT molecular complexity index is 535. The highest BCUT2D eigenvalue weighted by Gasteiger charge is 2.15. The SMILES string of the molecule is Cn1cnc2c(CC(N)C(=O)O)ccnc21. The number of aliphatic carboxylic acids is 1. The lowest BCUT2D eigenvalue weighted by Crippen LogP contribution is -2.32. The molecule has 6 heteroatoms. The van der Waals surface area contributed by atoms with E-state index in [1.54, 1.807) is 23.2 Å². The maximum absolute atomic E-state index is 10.7. The Morgan fingerprint density at radius 3 is 3.06 bits per heavy atom. The molecule has 0 radical (unpaired) electrons. The summed E-state index contributed by atoms with van der Waals surface area (Å²) in [5.74, 6) is -1.01. The summed E-state index contributed by atoms with van der Waals surface area (Å²) in [5.41, 5.74) is 7.74. The van der Waals surface area contributed by atoms with Crippen LogP contribution < -0.4 is 5.73 Å². The molecule has 1 unspecified atom stereocenters. The standard InChI is InChI=1S/C10H12N4O2/c1-14-5-13-8-6(2-3-12-9(8)14)4-7(11)10(15)16/h2-3,5,7H,4,11H2,1H3,(H,15,16). The van der Waals surface area contributed by atoms with Crippen molar-refractivity contribution in [1.82, 2.24) is 14.5 Å². The number of nitrogens with two attached hydrogens (primary N) is 1. The monoisotopic (exact) mass is 220 g/mol. The van der Waals surface area contributed by atoms with Crippen LogP contribution in [0.3, 0.4) is 0 Å². The normalized spacial score (nSPS) is 12.9. The molecule has 2 heterocycles. The van der Waals surface area contributed by atoms with Gasteiger partial charge in [-0.25, -0.2) is 9.97 Å². The number of hydrogen-bond donors (Lipinski definition) is 2. The minimum atomic E-state index is -1.01. The maximum Gasteiger partial charge on any atom is 0.320 e. The number of pyridine rings is 1. The van der Waals surface area contributed by atoms with Crippen LogP contribution in [0.1, 0.15) is 5.56 Å². The number of carbonyl (C=O) groups is 1. The highest BCUT2D eigenvalue weighted by Crippen LogP contribution is 2.15. The van der Waals surface area contributed by atoms with Crippen molar-refractivity contribution in [3.05, 3.63) is 24.2 Å². The molecule has 2 rings (SSSR count). The molecule has 0 aromatic carbocycles. The first-order valence-electron chi connectivity index (χ1n) is 4.83. The number of carboxylic acid groups (broad SMARTS) is 1. The Labute approximate surface area is 91.7 Å². The summed E-state index contributed by atoms with van der Waals surface area (Å²) in [5, 5.41) is 8.75. The Morgan fingerprint density at radius 2 is 2.38 bits per heavy atom. The van der Waals surface area contributed by atoms with Gasteiger partial charge in [0.1, 0.15) is 11.6 Å². The number of rotatable bonds is 3. The molecule has 1 atom stereocenters. The fourth-order valence-corrected chi connectivity index (χ4v) is 1.57. The molecular formula is C10H12N4O2. The first kappa shape index (κ1) is 10.6. The maximum atomic E-state index is 10.7. The van der Waals surface area contributed by atoms with Crippen molar-refractivity contribution in [2.45, 2.75) is 12.5 Å². The summed E-state index contributed by atoms with van der Waals surface area (Å²) in [4.78, 5) is 19.0. The zero-order valence-electron chi connectivity index (χ0n) is 8.79. The number of aromatic nitrogens is 3. The Balaban J connectivity index is 2.41. The molecule has 84 valence electrons. The largest absolute Gasteiger partial charge is 0.480 e. The predicted molar refractivity (Wildman–Crippen MR) is 57.8 cm³/mol. The highest BCUT2D eigenvalue weighted by atomic mass is 16.4. The molecular weight excluding hydrogens is 208 g/mol. The van der Waals surface area contributed by atoms with E-state index in [-0.39, 0.29) is 6.42 Å². The van der Waals surface area contributed by atoms with Crippen LogP contribution in [0.25, 0.3) is 11.2 Å². The van der Waals surface area contributed by atoms with Crippen molar-refractivity contribution >= 4 is 17.1 Å². The van der Waals surface area contributed by atoms with E-state index < -0.39 is 12.0 Å². The average Bonchev–Trinajstić information content (AvgIpc) is 2.62. The van der Waals surface area contributed by atoms with Gasteiger partial charge in [-0.15, -0.1) is 0 Å². The zero-order chi connectivity index (χ0) is 11.7. The van der Waals surface area contributed by atoms with Crippen LogP contribution in [0.4, 0.5) is 0 Å². The van der Waals surface area contributed by atoms with E-state index >= 15 is 0 Å². The van der Waals surface area contributed by atoms with Gasteiger partial charge >= 0.3 is 5.97 Å². The fourth-order valence-electron chi connectivity index (χ4n) is 1.57. The molecule has 0 bridgehead atoms. The second-order valence-electron chi connectivity index (χ2n) is 3.65. The number of fused-ring (bicyclic) bond motifs is 1. The topological polar surface area (TPSA) is 94.0 Å². The molecule has 16 heavy (non-hydrogen) atoms. The van der Waals surface area contributed by atoms with Crippen LogP contribution in [0.15, 0.2) is 18.6 Å². The summed E-state index contributed by atoms with van der Waals surface area (Å²) in [6.07, 6.45) is 3.53. The van der Waals surface area contributed by atoms with E-state index in [4.69, 9.17) is 10.8 Å². The lowest BCUT2D eigenvalue weighted by molar-refractivity contribution is -0.138. The van der Waals surface area contributed by atoms with Crippen molar-refractivity contribution in [2.75, 3.05) is 0 Å². The second-order valence-corrected chi connectivity index (χ2v) is 3.65. The van der Waals surface area contributed by atoms with E-state index in [0.29, 0.717) is 5.52 Å². The van der Waals surface area contributed by atoms with Gasteiger partial charge in [-0.1, -0.05) is 0 Å². The lowest BCUT2D eigenvalue weighted by atomic mass is 10.1. The number of aryl methyl sites for hydroxylation is 1. The second kappa shape index (κ2) is 3.90. The molecule has 0 saturated heterocycles. The summed E-state index contributed by atoms with van der Waals surface area (Å²) in [6, 6.07) is 0.839. The summed E-state index contributed by atoms with van der Waals surface area (Å²) < 4.78 is 1.78. The number of nitrogens with zero attached hydrogens (tertiary/aromatic N) is 3. The van der Waals surface area contributed by atoms with E-state index in [1.165, 1.54) is 0 Å². The van der Waals surface area contributed by atoms with E-state index in [1.807, 2.05) is 7.05 Å². The van der Waals surface area contributed by atoms with Crippen LogP contribution in [0, 0.1) is 0 Å². The number of carboxylic acids is 1. The average molecular weight is 220 g/mol. The van der Waals surface area contributed by atoms with Gasteiger partial charge in [0.15, 0.2) is 5.65 Å². The van der Waals surface area contributed by atoms with Crippen molar-refractivity contribution in [3.63, 3.8) is 0 Å². The van der Waals surface area contributed by atoms with Gasteiger partial charge in [0.2, 0.25) is 0 Å². The summed E-state index contributed by atoms with van der Waals surface area (Å²) >= 11 is 0. The van der Waals surface area contributed by atoms with E-state index in [9.17, 15) is 4.79 Å². The van der Waals surface area contributed by atoms with Gasteiger partial charge in [-0.3, -0.25) is 4.79 Å². The number of imidazole rings is 1. The Morgan fingerprint density at radius 1 is 1.62 bits per heavy atom. The lowest BCUT2D eigenvalue weighted by Gasteiger charge is -2.06. The highest BCUT2D eigenvalue weighted by molar-refractivity contribution is 5.78. The quantitative estimate of drug-likeness (QED) is 0.754. The van der Waals surface area contributed by atoms with Gasteiger partial charge in [0.05, 0.1) is 6.33 Å². The van der Waals surface area contributed by atoms with Crippen LogP contribution in [0.5, 0.6) is 0 Å². The first-order chi connectivity index (χ1) is 7.59. The number of hydrogen-bond acceptors (Lipinski definition) is 4. The first-order valence-corrected chi connectivity index (χ1v) is 4.83. The summed E-state index contributed by atoms with van der Waals surface area (Å²) in [6.45, 7) is 0. The third-order valence-corrected chi connectivity index (χ3v) is 2.44. The predicted octanol–water partition coefficient (Wildman–Crippen LogP) is -0.0773. The van der Waals surface area contributed by atoms with Crippen LogP contribution in [0.2, 0.25) is 0 Å². The molecule has 2 aromatic rings. The minimum Gasteiger partial charge on any atom is -0.480 e. The van der Waals surface area contributed by atoms with Crippen LogP contribution in [-0.4, -0.2) is 31.7 Å². The van der Waals surface area contributed by atoms with Crippen molar-refractivity contribution in [1.29, 1.82) is 0 Å². The van der Waals surface area contributed by atoms with Crippen molar-refractivity contribution < 1.29 is 9.90 Å². The van der Waals surface area contributed by atoms with Crippen molar-refractivity contribution in [3.8, 4) is 0 Å². The minimum absolute atomic E-state index is 0.255. The molecule has 0 aliphatic carbocycles.